The van der Waals surface area contributed by atoms with Gasteiger partial charge in [0.25, 0.3) is 0 Å². The van der Waals surface area contributed by atoms with Crippen molar-refractivity contribution in [1.29, 1.82) is 0 Å². The van der Waals surface area contributed by atoms with E-state index in [0.717, 1.165) is 18.4 Å². The molecule has 0 bridgehead atoms. The Labute approximate surface area is 145 Å². The number of halogens is 2. The lowest BCUT2D eigenvalue weighted by Gasteiger charge is -2.35. The molecule has 0 aromatic heterocycles. The monoisotopic (exact) mass is 355 g/mol. The second kappa shape index (κ2) is 6.69. The normalized spacial score (nSPS) is 22.7. The summed E-state index contributed by atoms with van der Waals surface area (Å²) < 4.78 is 35.6. The van der Waals surface area contributed by atoms with Gasteiger partial charge in [0.15, 0.2) is 11.5 Å². The van der Waals surface area contributed by atoms with Gasteiger partial charge in [0.05, 0.1) is 18.1 Å². The van der Waals surface area contributed by atoms with Crippen LogP contribution in [-0.2, 0) is 4.84 Å². The molecule has 3 rings (SSSR count). The molecule has 0 spiro atoms. The quantitative estimate of drug-likeness (QED) is 0.716. The average molecular weight is 355 g/mol. The molecular formula is C18H23F2NO4. The van der Waals surface area contributed by atoms with E-state index in [0.29, 0.717) is 35.3 Å². The number of alkyl halides is 2. The van der Waals surface area contributed by atoms with Gasteiger partial charge in [-0.1, -0.05) is 6.07 Å². The van der Waals surface area contributed by atoms with E-state index in [1.54, 1.807) is 19.1 Å². The number of ether oxygens (including phenoxy) is 2. The first-order valence-corrected chi connectivity index (χ1v) is 8.46. The van der Waals surface area contributed by atoms with Crippen LogP contribution in [0.25, 0.3) is 0 Å². The maximum Gasteiger partial charge on any atom is 0.387 e. The van der Waals surface area contributed by atoms with Crippen LogP contribution >= 0.6 is 0 Å². The van der Waals surface area contributed by atoms with E-state index >= 15 is 0 Å². The third kappa shape index (κ3) is 4.32. The van der Waals surface area contributed by atoms with Crippen molar-refractivity contribution in [2.75, 3.05) is 6.61 Å². The van der Waals surface area contributed by atoms with Crippen molar-refractivity contribution in [3.8, 4) is 11.5 Å². The Bertz CT molecular complexity index is 671. The predicted molar refractivity (Wildman–Crippen MR) is 88.1 cm³/mol. The van der Waals surface area contributed by atoms with Crippen LogP contribution in [0.2, 0.25) is 0 Å². The molecule has 7 heteroatoms. The molecule has 1 aliphatic carbocycles. The Morgan fingerprint density at radius 2 is 2.04 bits per heavy atom. The molecule has 1 fully saturated rings. The summed E-state index contributed by atoms with van der Waals surface area (Å²) >= 11 is 0. The highest BCUT2D eigenvalue weighted by molar-refractivity contribution is 5.85. The highest BCUT2D eigenvalue weighted by Crippen LogP contribution is 2.39. The van der Waals surface area contributed by atoms with Crippen LogP contribution in [0.15, 0.2) is 18.2 Å². The fraction of sp³-hybridized carbons (Fsp3) is 0.611. The van der Waals surface area contributed by atoms with Gasteiger partial charge in [-0.25, -0.2) is 0 Å². The van der Waals surface area contributed by atoms with Crippen molar-refractivity contribution in [2.24, 2.45) is 5.92 Å². The van der Waals surface area contributed by atoms with Gasteiger partial charge < -0.3 is 14.3 Å². The van der Waals surface area contributed by atoms with Gasteiger partial charge in [0.1, 0.15) is 0 Å². The first-order chi connectivity index (χ1) is 11.7. The molecule has 1 atom stereocenters. The third-order valence-corrected chi connectivity index (χ3v) is 4.58. The smallest absolute Gasteiger partial charge is 0.387 e. The zero-order valence-corrected chi connectivity index (χ0v) is 14.6. The van der Waals surface area contributed by atoms with Gasteiger partial charge >= 0.3 is 6.61 Å². The highest BCUT2D eigenvalue weighted by Gasteiger charge is 2.36. The van der Waals surface area contributed by atoms with Gasteiger partial charge in [0, 0.05) is 11.8 Å². The summed E-state index contributed by atoms with van der Waals surface area (Å²) in [6.45, 7) is 2.97. The van der Waals surface area contributed by atoms with Crippen molar-refractivity contribution in [1.82, 2.24) is 0 Å². The van der Waals surface area contributed by atoms with Crippen molar-refractivity contribution in [3.63, 3.8) is 0 Å². The van der Waals surface area contributed by atoms with E-state index in [4.69, 9.17) is 9.57 Å². The van der Waals surface area contributed by atoms with Crippen LogP contribution in [-0.4, -0.2) is 29.4 Å². The van der Waals surface area contributed by atoms with E-state index in [1.165, 1.54) is 6.07 Å². The molecule has 1 heterocycles. The van der Waals surface area contributed by atoms with Crippen molar-refractivity contribution in [3.05, 3.63) is 29.0 Å². The van der Waals surface area contributed by atoms with Gasteiger partial charge in [0.2, 0.25) is 5.71 Å². The number of nitrogens with zero attached hydrogens (tertiary/aromatic N) is 1. The fourth-order valence-electron chi connectivity index (χ4n) is 3.00. The lowest BCUT2D eigenvalue weighted by molar-refractivity contribution is -0.770. The van der Waals surface area contributed by atoms with Crippen molar-refractivity contribution >= 4 is 5.71 Å². The van der Waals surface area contributed by atoms with E-state index < -0.39 is 12.2 Å². The Balaban J connectivity index is 1.90. The Morgan fingerprint density at radius 3 is 2.68 bits per heavy atom. The number of hydrogen-bond acceptors (Lipinski definition) is 4. The molecule has 1 unspecified atom stereocenters. The van der Waals surface area contributed by atoms with Crippen LogP contribution in [0, 0.1) is 11.1 Å². The number of benzene rings is 1. The summed E-state index contributed by atoms with van der Waals surface area (Å²) in [5, 5.41) is 12.0. The maximum absolute atomic E-state index is 12.6. The number of hydrogen-bond donors (Lipinski definition) is 0. The Hall–Kier alpha value is -2.05. The van der Waals surface area contributed by atoms with Gasteiger partial charge in [-0.05, 0) is 56.7 Å². The van der Waals surface area contributed by atoms with Crippen LogP contribution in [0.3, 0.4) is 0 Å². The molecule has 1 aliphatic heterocycles. The Kier molecular flexibility index (Phi) is 4.75. The zero-order chi connectivity index (χ0) is 18.2. The SMILES string of the molecule is CC1=[N+]([O-])OC(C)(C)CC1c1ccc(OC(F)F)c(OCC2CC2)c1. The first kappa shape index (κ1) is 17.8. The lowest BCUT2D eigenvalue weighted by atomic mass is 9.84. The van der Waals surface area contributed by atoms with Crippen molar-refractivity contribution in [2.45, 2.75) is 58.2 Å². The van der Waals surface area contributed by atoms with Crippen LogP contribution in [0.1, 0.15) is 51.5 Å². The molecule has 25 heavy (non-hydrogen) atoms. The van der Waals surface area contributed by atoms with E-state index in [2.05, 4.69) is 4.74 Å². The van der Waals surface area contributed by atoms with Gasteiger partial charge in [-0.15, -0.1) is 0 Å². The summed E-state index contributed by atoms with van der Waals surface area (Å²) in [4.78, 5) is 5.86. The number of rotatable bonds is 6. The zero-order valence-electron chi connectivity index (χ0n) is 14.6. The molecule has 0 amide bonds. The second-order valence-electron chi connectivity index (χ2n) is 7.35. The van der Waals surface area contributed by atoms with E-state index in [1.807, 2.05) is 13.8 Å². The lowest BCUT2D eigenvalue weighted by Crippen LogP contribution is -2.40. The molecule has 0 saturated heterocycles. The van der Waals surface area contributed by atoms with Gasteiger partial charge in [-0.2, -0.15) is 8.78 Å². The predicted octanol–water partition coefficient (Wildman–Crippen LogP) is 4.25. The highest BCUT2D eigenvalue weighted by atomic mass is 19.3. The molecule has 138 valence electrons. The summed E-state index contributed by atoms with van der Waals surface area (Å²) in [5.41, 5.74) is 0.733. The van der Waals surface area contributed by atoms with Crippen molar-refractivity contribution < 1.29 is 28.0 Å². The van der Waals surface area contributed by atoms with Crippen LogP contribution in [0.5, 0.6) is 11.5 Å². The molecule has 1 aromatic rings. The largest absolute Gasteiger partial charge is 0.489 e. The topological polar surface area (TPSA) is 53.8 Å². The van der Waals surface area contributed by atoms with Crippen LogP contribution < -0.4 is 9.47 Å². The average Bonchev–Trinajstić information content (AvgIpc) is 3.33. The minimum absolute atomic E-state index is 0.0161. The minimum Gasteiger partial charge on any atom is -0.489 e. The summed E-state index contributed by atoms with van der Waals surface area (Å²) in [5.74, 6) is 0.613. The standard InChI is InChI=1S/C18H23F2NO4/c1-11-14(9-18(2,3)25-21(11)22)13-6-7-15(24-17(19)20)16(8-13)23-10-12-4-5-12/h6-8,12,14,17H,4-5,9-10H2,1-3H3. The summed E-state index contributed by atoms with van der Waals surface area (Å²) in [6, 6.07) is 4.88. The molecule has 0 radical (unpaired) electrons. The molecular weight excluding hydrogens is 332 g/mol. The second-order valence-corrected chi connectivity index (χ2v) is 7.35. The molecule has 5 nitrogen and oxygen atoms in total. The summed E-state index contributed by atoms with van der Waals surface area (Å²) in [7, 11) is 0. The minimum atomic E-state index is -2.92. The third-order valence-electron chi connectivity index (χ3n) is 4.58. The van der Waals surface area contributed by atoms with Gasteiger partial charge in [-0.3, -0.25) is 5.21 Å². The van der Waals surface area contributed by atoms with E-state index in [-0.39, 0.29) is 11.7 Å². The van der Waals surface area contributed by atoms with E-state index in [9.17, 15) is 14.0 Å². The van der Waals surface area contributed by atoms with Crippen LogP contribution in [0.4, 0.5) is 8.78 Å². The molecule has 1 saturated carbocycles. The fourth-order valence-corrected chi connectivity index (χ4v) is 3.00. The maximum atomic E-state index is 12.6. The first-order valence-electron chi connectivity index (χ1n) is 8.46. The summed E-state index contributed by atoms with van der Waals surface area (Å²) in [6.07, 6.45) is 2.79. The Morgan fingerprint density at radius 1 is 1.32 bits per heavy atom. The molecule has 1 aromatic carbocycles. The molecule has 2 aliphatic rings. The molecule has 0 N–H and O–H groups in total.